The molecule has 0 fully saturated rings. The predicted octanol–water partition coefficient (Wildman–Crippen LogP) is 4.20. The van der Waals surface area contributed by atoms with Crippen LogP contribution in [0.3, 0.4) is 0 Å². The van der Waals surface area contributed by atoms with Crippen molar-refractivity contribution in [3.63, 3.8) is 0 Å². The van der Waals surface area contributed by atoms with Crippen LogP contribution in [-0.2, 0) is 0 Å². The molecular weight excluding hydrogens is 346 g/mol. The van der Waals surface area contributed by atoms with Gasteiger partial charge in [0.15, 0.2) is 17.3 Å². The molecule has 4 nitrogen and oxygen atoms in total. The number of ketones is 1. The number of hydrogen-bond donors (Lipinski definition) is 1. The van der Waals surface area contributed by atoms with Crippen LogP contribution in [0.25, 0.3) is 0 Å². The molecule has 2 aromatic rings. The molecule has 0 saturated carbocycles. The van der Waals surface area contributed by atoms with Crippen molar-refractivity contribution >= 4 is 29.5 Å². The summed E-state index contributed by atoms with van der Waals surface area (Å²) >= 11 is 1.50. The van der Waals surface area contributed by atoms with Crippen LogP contribution in [0.2, 0.25) is 0 Å². The van der Waals surface area contributed by atoms with Crippen molar-refractivity contribution in [1.29, 1.82) is 0 Å². The maximum atomic E-state index is 11.8. The molecular formula is C18H24ClNO3S. The van der Waals surface area contributed by atoms with Gasteiger partial charge in [-0.15, -0.1) is 23.7 Å². The number of Topliss-reactive ketones (excluding diaryl/α,β-unsaturated/α-hetero) is 1. The minimum absolute atomic E-state index is 0. The number of rotatable bonds is 11. The first-order valence-electron chi connectivity index (χ1n) is 7.93. The lowest BCUT2D eigenvalue weighted by Crippen LogP contribution is -2.22. The van der Waals surface area contributed by atoms with Gasteiger partial charge in [-0.1, -0.05) is 18.2 Å². The second-order valence-corrected chi connectivity index (χ2v) is 5.93. The van der Waals surface area contributed by atoms with Crippen LogP contribution in [0.4, 0.5) is 0 Å². The summed E-state index contributed by atoms with van der Waals surface area (Å²) in [7, 11) is 0. The average molecular weight is 370 g/mol. The molecule has 24 heavy (non-hydrogen) atoms. The Hall–Kier alpha value is -1.56. The third kappa shape index (κ3) is 6.91. The quantitative estimate of drug-likeness (QED) is 0.476. The minimum Gasteiger partial charge on any atom is -0.490 e. The fourth-order valence-corrected chi connectivity index (χ4v) is 2.83. The molecule has 1 N–H and O–H groups in total. The Morgan fingerprint density at radius 3 is 2.50 bits per heavy atom. The Morgan fingerprint density at radius 2 is 1.83 bits per heavy atom. The molecule has 0 amide bonds. The molecule has 1 aromatic heterocycles. The fraction of sp³-hybridized carbons (Fsp3) is 0.389. The van der Waals surface area contributed by atoms with Gasteiger partial charge >= 0.3 is 0 Å². The van der Waals surface area contributed by atoms with Crippen LogP contribution < -0.4 is 14.8 Å². The molecule has 0 saturated heterocycles. The molecule has 1 aromatic carbocycles. The summed E-state index contributed by atoms with van der Waals surface area (Å²) in [5.41, 5.74) is 0. The fourth-order valence-electron chi connectivity index (χ4n) is 2.14. The SMILES string of the molecule is CCOc1ccccc1OCCNCCCC(=O)c1cccs1.Cl. The zero-order valence-electron chi connectivity index (χ0n) is 13.8. The highest BCUT2D eigenvalue weighted by atomic mass is 35.5. The van der Waals surface area contributed by atoms with Crippen LogP contribution in [0.1, 0.15) is 29.4 Å². The van der Waals surface area contributed by atoms with Crippen molar-refractivity contribution in [2.75, 3.05) is 26.3 Å². The van der Waals surface area contributed by atoms with Crippen molar-refractivity contribution in [3.8, 4) is 11.5 Å². The molecule has 0 spiro atoms. The molecule has 0 unspecified atom stereocenters. The number of halogens is 1. The van der Waals surface area contributed by atoms with Gasteiger partial charge in [-0.05, 0) is 43.5 Å². The van der Waals surface area contributed by atoms with Gasteiger partial charge in [-0.3, -0.25) is 4.79 Å². The largest absolute Gasteiger partial charge is 0.490 e. The van der Waals surface area contributed by atoms with Crippen LogP contribution in [-0.4, -0.2) is 32.1 Å². The van der Waals surface area contributed by atoms with Crippen LogP contribution in [0, 0.1) is 0 Å². The Kier molecular flexibility index (Phi) is 10.2. The Labute approximate surface area is 153 Å². The standard InChI is InChI=1S/C18H23NO3S.ClH/c1-2-21-16-8-3-4-9-17(16)22-13-12-19-11-5-7-15(20)18-10-6-14-23-18;/h3-4,6,8-10,14,19H,2,5,7,11-13H2,1H3;1H. The van der Waals surface area contributed by atoms with E-state index in [2.05, 4.69) is 5.32 Å². The van der Waals surface area contributed by atoms with Gasteiger partial charge in [0.1, 0.15) is 6.61 Å². The van der Waals surface area contributed by atoms with E-state index in [1.807, 2.05) is 48.7 Å². The van der Waals surface area contributed by atoms with E-state index in [4.69, 9.17) is 9.47 Å². The number of hydrogen-bond acceptors (Lipinski definition) is 5. The van der Waals surface area contributed by atoms with E-state index in [1.54, 1.807) is 0 Å². The van der Waals surface area contributed by atoms with Gasteiger partial charge in [0.2, 0.25) is 0 Å². The van der Waals surface area contributed by atoms with Crippen molar-refractivity contribution < 1.29 is 14.3 Å². The van der Waals surface area contributed by atoms with Gasteiger partial charge in [-0.25, -0.2) is 0 Å². The zero-order valence-corrected chi connectivity index (χ0v) is 15.5. The maximum Gasteiger partial charge on any atom is 0.172 e. The molecule has 0 radical (unpaired) electrons. The van der Waals surface area contributed by atoms with E-state index in [0.717, 1.165) is 35.9 Å². The van der Waals surface area contributed by atoms with E-state index in [0.29, 0.717) is 19.6 Å². The highest BCUT2D eigenvalue weighted by Gasteiger charge is 2.06. The van der Waals surface area contributed by atoms with E-state index in [1.165, 1.54) is 11.3 Å². The highest BCUT2D eigenvalue weighted by molar-refractivity contribution is 7.12. The minimum atomic E-state index is 0. The maximum absolute atomic E-state index is 11.8. The second kappa shape index (κ2) is 11.9. The monoisotopic (exact) mass is 369 g/mol. The van der Waals surface area contributed by atoms with Crippen LogP contribution >= 0.6 is 23.7 Å². The Bertz CT molecular complexity index is 590. The Morgan fingerprint density at radius 1 is 1.08 bits per heavy atom. The van der Waals surface area contributed by atoms with Gasteiger partial charge in [0.25, 0.3) is 0 Å². The predicted molar refractivity (Wildman–Crippen MR) is 101 cm³/mol. The second-order valence-electron chi connectivity index (χ2n) is 4.98. The van der Waals surface area contributed by atoms with Crippen molar-refractivity contribution in [1.82, 2.24) is 5.32 Å². The van der Waals surface area contributed by atoms with Crippen molar-refractivity contribution in [2.45, 2.75) is 19.8 Å². The van der Waals surface area contributed by atoms with Crippen LogP contribution in [0.15, 0.2) is 41.8 Å². The number of carbonyl (C=O) groups is 1. The van der Waals surface area contributed by atoms with Gasteiger partial charge in [-0.2, -0.15) is 0 Å². The highest BCUT2D eigenvalue weighted by Crippen LogP contribution is 2.25. The van der Waals surface area contributed by atoms with Crippen molar-refractivity contribution in [3.05, 3.63) is 46.7 Å². The molecule has 6 heteroatoms. The van der Waals surface area contributed by atoms with Crippen molar-refractivity contribution in [2.24, 2.45) is 0 Å². The molecule has 132 valence electrons. The van der Waals surface area contributed by atoms with E-state index < -0.39 is 0 Å². The number of nitrogens with one attached hydrogen (secondary N) is 1. The normalized spacial score (nSPS) is 10.0. The van der Waals surface area contributed by atoms with Gasteiger partial charge in [0, 0.05) is 13.0 Å². The molecule has 0 aliphatic heterocycles. The summed E-state index contributed by atoms with van der Waals surface area (Å²) in [6, 6.07) is 11.5. The third-order valence-electron chi connectivity index (χ3n) is 3.24. The molecule has 0 aliphatic rings. The van der Waals surface area contributed by atoms with Crippen LogP contribution in [0.5, 0.6) is 11.5 Å². The van der Waals surface area contributed by atoms with E-state index in [-0.39, 0.29) is 18.2 Å². The third-order valence-corrected chi connectivity index (χ3v) is 4.15. The summed E-state index contributed by atoms with van der Waals surface area (Å²) in [6.45, 7) is 4.71. The lowest BCUT2D eigenvalue weighted by molar-refractivity contribution is 0.0984. The lowest BCUT2D eigenvalue weighted by Gasteiger charge is -2.11. The number of carbonyl (C=O) groups excluding carboxylic acids is 1. The van der Waals surface area contributed by atoms with Gasteiger partial charge < -0.3 is 14.8 Å². The number of ether oxygens (including phenoxy) is 2. The Balaban J connectivity index is 0.00000288. The zero-order chi connectivity index (χ0) is 16.3. The summed E-state index contributed by atoms with van der Waals surface area (Å²) in [5.74, 6) is 1.77. The molecule has 0 bridgehead atoms. The first kappa shape index (κ1) is 20.5. The summed E-state index contributed by atoms with van der Waals surface area (Å²) < 4.78 is 11.2. The molecule has 2 rings (SSSR count). The molecule has 0 atom stereocenters. The lowest BCUT2D eigenvalue weighted by atomic mass is 10.2. The van der Waals surface area contributed by atoms with E-state index >= 15 is 0 Å². The van der Waals surface area contributed by atoms with E-state index in [9.17, 15) is 4.79 Å². The topological polar surface area (TPSA) is 47.6 Å². The number of benzene rings is 1. The summed E-state index contributed by atoms with van der Waals surface area (Å²) in [5, 5.41) is 5.23. The summed E-state index contributed by atoms with van der Waals surface area (Å²) in [4.78, 5) is 12.7. The number of thiophene rings is 1. The smallest absolute Gasteiger partial charge is 0.172 e. The summed E-state index contributed by atoms with van der Waals surface area (Å²) in [6.07, 6.45) is 1.42. The first-order chi connectivity index (χ1) is 11.3. The average Bonchev–Trinajstić information content (AvgIpc) is 3.10. The molecule has 1 heterocycles. The van der Waals surface area contributed by atoms with Gasteiger partial charge in [0.05, 0.1) is 11.5 Å². The molecule has 0 aliphatic carbocycles. The number of para-hydroxylation sites is 2. The first-order valence-corrected chi connectivity index (χ1v) is 8.81.